The number of amides is 1. The van der Waals surface area contributed by atoms with Crippen molar-refractivity contribution < 1.29 is 18.0 Å². The summed E-state index contributed by atoms with van der Waals surface area (Å²) in [5, 5.41) is 0. The Morgan fingerprint density at radius 1 is 1.10 bits per heavy atom. The fraction of sp³-hybridized carbons (Fsp3) is 0.533. The van der Waals surface area contributed by atoms with Crippen LogP contribution in [0.15, 0.2) is 24.3 Å². The summed E-state index contributed by atoms with van der Waals surface area (Å²) >= 11 is 0. The van der Waals surface area contributed by atoms with Crippen molar-refractivity contribution in [1.82, 2.24) is 4.90 Å². The van der Waals surface area contributed by atoms with E-state index >= 15 is 0 Å². The Bertz CT molecular complexity index is 527. The molecule has 0 saturated carbocycles. The van der Waals surface area contributed by atoms with Crippen LogP contribution < -0.4 is 5.73 Å². The fourth-order valence-corrected chi connectivity index (χ4v) is 3.50. The average Bonchev–Trinajstić information content (AvgIpc) is 2.69. The normalized spacial score (nSPS) is 28.8. The summed E-state index contributed by atoms with van der Waals surface area (Å²) in [6.07, 6.45) is -0.945. The van der Waals surface area contributed by atoms with E-state index in [2.05, 4.69) is 0 Å². The first kappa shape index (κ1) is 14.4. The second-order valence-electron chi connectivity index (χ2n) is 5.90. The van der Waals surface area contributed by atoms with Crippen molar-refractivity contribution in [2.24, 2.45) is 5.73 Å². The van der Waals surface area contributed by atoms with Gasteiger partial charge in [-0.1, -0.05) is 0 Å². The molecule has 2 bridgehead atoms. The molecule has 0 aromatic heterocycles. The number of hydrogen-bond donors (Lipinski definition) is 1. The molecule has 0 spiro atoms. The molecule has 21 heavy (non-hydrogen) atoms. The number of fused-ring (bicyclic) bond motifs is 2. The molecule has 3 nitrogen and oxygen atoms in total. The molecule has 2 N–H and O–H groups in total. The number of hydrogen-bond acceptors (Lipinski definition) is 2. The molecule has 114 valence electrons. The Morgan fingerprint density at radius 3 is 2.10 bits per heavy atom. The fourth-order valence-electron chi connectivity index (χ4n) is 3.50. The van der Waals surface area contributed by atoms with Gasteiger partial charge >= 0.3 is 6.18 Å². The van der Waals surface area contributed by atoms with Gasteiger partial charge in [0, 0.05) is 23.7 Å². The first-order chi connectivity index (χ1) is 9.86. The zero-order valence-electron chi connectivity index (χ0n) is 11.4. The van der Waals surface area contributed by atoms with Gasteiger partial charge < -0.3 is 10.6 Å². The quantitative estimate of drug-likeness (QED) is 0.866. The maximum absolute atomic E-state index is 12.5. The summed E-state index contributed by atoms with van der Waals surface area (Å²) in [6, 6.07) is 4.84. The van der Waals surface area contributed by atoms with Crippen LogP contribution in [0.25, 0.3) is 0 Å². The molecule has 2 aliphatic heterocycles. The minimum absolute atomic E-state index is 0.124. The molecule has 2 atom stereocenters. The Hall–Kier alpha value is -1.56. The number of alkyl halides is 3. The number of nitrogens with zero attached hydrogens (tertiary/aromatic N) is 1. The highest BCUT2D eigenvalue weighted by Gasteiger charge is 2.42. The van der Waals surface area contributed by atoms with Crippen LogP contribution in [0.5, 0.6) is 0 Å². The van der Waals surface area contributed by atoms with Gasteiger partial charge in [0.2, 0.25) is 0 Å². The molecule has 2 saturated heterocycles. The van der Waals surface area contributed by atoms with E-state index in [9.17, 15) is 18.0 Å². The van der Waals surface area contributed by atoms with Gasteiger partial charge in [0.1, 0.15) is 0 Å². The molecule has 0 aliphatic carbocycles. The van der Waals surface area contributed by atoms with Gasteiger partial charge in [-0.2, -0.15) is 13.2 Å². The summed E-state index contributed by atoms with van der Waals surface area (Å²) in [5.74, 6) is -0.178. The van der Waals surface area contributed by atoms with Crippen LogP contribution in [0, 0.1) is 0 Å². The molecule has 1 amide bonds. The van der Waals surface area contributed by atoms with Crippen molar-refractivity contribution in [1.29, 1.82) is 0 Å². The lowest BCUT2D eigenvalue weighted by atomic mass is 9.97. The van der Waals surface area contributed by atoms with E-state index in [1.807, 2.05) is 4.90 Å². The summed E-state index contributed by atoms with van der Waals surface area (Å²) in [6.45, 7) is 0. The third kappa shape index (κ3) is 2.64. The molecule has 2 heterocycles. The number of nitrogens with two attached hydrogens (primary N) is 1. The lowest BCUT2D eigenvalue weighted by Gasteiger charge is -2.37. The van der Waals surface area contributed by atoms with Crippen LogP contribution in [-0.2, 0) is 6.18 Å². The summed E-state index contributed by atoms with van der Waals surface area (Å²) in [7, 11) is 0. The molecule has 2 unspecified atom stereocenters. The van der Waals surface area contributed by atoms with Crippen molar-refractivity contribution >= 4 is 5.91 Å². The molecule has 0 radical (unpaired) electrons. The van der Waals surface area contributed by atoms with Gasteiger partial charge in [0.25, 0.3) is 5.91 Å². The van der Waals surface area contributed by atoms with Gasteiger partial charge in [0.15, 0.2) is 0 Å². The van der Waals surface area contributed by atoms with E-state index in [1.54, 1.807) is 0 Å². The van der Waals surface area contributed by atoms with Crippen molar-refractivity contribution in [3.8, 4) is 0 Å². The van der Waals surface area contributed by atoms with Gasteiger partial charge in [-0.05, 0) is 49.9 Å². The smallest absolute Gasteiger partial charge is 0.333 e. The summed E-state index contributed by atoms with van der Waals surface area (Å²) in [5.41, 5.74) is 5.54. The molecule has 1 aromatic carbocycles. The van der Waals surface area contributed by atoms with Crippen LogP contribution in [0.4, 0.5) is 13.2 Å². The topological polar surface area (TPSA) is 46.3 Å². The van der Waals surface area contributed by atoms with Crippen molar-refractivity contribution in [3.05, 3.63) is 35.4 Å². The summed E-state index contributed by atoms with van der Waals surface area (Å²) in [4.78, 5) is 14.4. The van der Waals surface area contributed by atoms with Gasteiger partial charge in [-0.25, -0.2) is 0 Å². The number of carbonyl (C=O) groups excluding carboxylic acids is 1. The minimum atomic E-state index is -4.38. The highest BCUT2D eigenvalue weighted by Crippen LogP contribution is 2.36. The van der Waals surface area contributed by atoms with Crippen molar-refractivity contribution in [3.63, 3.8) is 0 Å². The Balaban J connectivity index is 1.80. The molecular formula is C15H17F3N2O. The van der Waals surface area contributed by atoms with Gasteiger partial charge in [-0.3, -0.25) is 4.79 Å². The number of rotatable bonds is 1. The number of piperidine rings is 1. The molecule has 2 aliphatic rings. The standard InChI is InChI=1S/C15H17F3N2O/c16-15(17,18)10-3-1-9(2-4-10)14(21)20-12-5-6-13(20)8-11(19)7-12/h1-4,11-13H,5-8,19H2. The number of halogens is 3. The Labute approximate surface area is 120 Å². The van der Waals surface area contributed by atoms with Crippen LogP contribution in [0.3, 0.4) is 0 Å². The zero-order valence-corrected chi connectivity index (χ0v) is 11.4. The maximum atomic E-state index is 12.5. The van der Waals surface area contributed by atoms with Crippen LogP contribution in [0.2, 0.25) is 0 Å². The molecular weight excluding hydrogens is 281 g/mol. The van der Waals surface area contributed by atoms with Crippen LogP contribution in [-0.4, -0.2) is 28.9 Å². The van der Waals surface area contributed by atoms with Crippen molar-refractivity contribution in [2.45, 2.75) is 50.0 Å². The number of carbonyl (C=O) groups is 1. The third-order valence-electron chi connectivity index (χ3n) is 4.46. The number of benzene rings is 1. The largest absolute Gasteiger partial charge is 0.416 e. The van der Waals surface area contributed by atoms with Crippen LogP contribution in [0.1, 0.15) is 41.6 Å². The van der Waals surface area contributed by atoms with Gasteiger partial charge in [-0.15, -0.1) is 0 Å². The molecule has 3 rings (SSSR count). The maximum Gasteiger partial charge on any atom is 0.416 e. The Morgan fingerprint density at radius 2 is 1.62 bits per heavy atom. The monoisotopic (exact) mass is 298 g/mol. The first-order valence-electron chi connectivity index (χ1n) is 7.12. The average molecular weight is 298 g/mol. The van der Waals surface area contributed by atoms with E-state index in [0.29, 0.717) is 5.56 Å². The molecule has 1 aromatic rings. The van der Waals surface area contributed by atoms with E-state index in [-0.39, 0.29) is 24.0 Å². The molecule has 2 fully saturated rings. The third-order valence-corrected chi connectivity index (χ3v) is 4.46. The van der Waals surface area contributed by atoms with E-state index in [4.69, 9.17) is 5.73 Å². The lowest BCUT2D eigenvalue weighted by molar-refractivity contribution is -0.137. The predicted octanol–water partition coefficient (Wildman–Crippen LogP) is 2.80. The zero-order chi connectivity index (χ0) is 15.2. The second-order valence-corrected chi connectivity index (χ2v) is 5.90. The molecule has 6 heteroatoms. The SMILES string of the molecule is NC1CC2CCC(C1)N2C(=O)c1ccc(C(F)(F)F)cc1. The lowest BCUT2D eigenvalue weighted by Crippen LogP contribution is -2.50. The van der Waals surface area contributed by atoms with Gasteiger partial charge in [0.05, 0.1) is 5.56 Å². The van der Waals surface area contributed by atoms with Crippen LogP contribution >= 0.6 is 0 Å². The highest BCUT2D eigenvalue weighted by atomic mass is 19.4. The second kappa shape index (κ2) is 5.02. The van der Waals surface area contributed by atoms with Crippen molar-refractivity contribution in [2.75, 3.05) is 0 Å². The van der Waals surface area contributed by atoms with E-state index in [0.717, 1.165) is 37.8 Å². The van der Waals surface area contributed by atoms with E-state index < -0.39 is 11.7 Å². The first-order valence-corrected chi connectivity index (χ1v) is 7.12. The minimum Gasteiger partial charge on any atom is -0.333 e. The van der Waals surface area contributed by atoms with E-state index in [1.165, 1.54) is 12.1 Å². The Kier molecular flexibility index (Phi) is 3.43. The summed E-state index contributed by atoms with van der Waals surface area (Å²) < 4.78 is 37.6. The predicted molar refractivity (Wildman–Crippen MR) is 71.6 cm³/mol. The highest BCUT2D eigenvalue weighted by molar-refractivity contribution is 5.95.